The lowest BCUT2D eigenvalue weighted by Crippen LogP contribution is -2.29. The minimum atomic E-state index is -0.474. The first-order valence-electron chi connectivity index (χ1n) is 22.8. The van der Waals surface area contributed by atoms with Crippen LogP contribution in [0, 0.1) is 11.8 Å². The molecular formula is C58H39N3. The van der Waals surface area contributed by atoms with Crippen molar-refractivity contribution in [2.24, 2.45) is 11.8 Å². The number of pyridine rings is 2. The van der Waals surface area contributed by atoms with Gasteiger partial charge in [0, 0.05) is 39.1 Å². The van der Waals surface area contributed by atoms with Gasteiger partial charge in [-0.2, -0.15) is 0 Å². The maximum atomic E-state index is 5.65. The van der Waals surface area contributed by atoms with Crippen LogP contribution in [0.1, 0.15) is 123 Å². The van der Waals surface area contributed by atoms with Crippen molar-refractivity contribution in [1.82, 2.24) is 14.4 Å². The predicted octanol–water partition coefficient (Wildman–Crippen LogP) is 13.3. The van der Waals surface area contributed by atoms with E-state index in [1.807, 2.05) is 0 Å². The summed E-state index contributed by atoms with van der Waals surface area (Å²) in [6.07, 6.45) is 11.3. The number of fused-ring (bicyclic) bond motifs is 17. The fourth-order valence-corrected chi connectivity index (χ4v) is 15.8. The summed E-state index contributed by atoms with van der Waals surface area (Å²) in [5.74, 6) is 3.02. The van der Waals surface area contributed by atoms with Gasteiger partial charge in [0.25, 0.3) is 0 Å². The highest BCUT2D eigenvalue weighted by molar-refractivity contribution is 6.29. The molecule has 9 aliphatic carbocycles. The number of aromatic nitrogens is 3. The van der Waals surface area contributed by atoms with Gasteiger partial charge in [0.1, 0.15) is 0 Å². The molecule has 0 N–H and O–H groups in total. The van der Waals surface area contributed by atoms with E-state index in [0.717, 1.165) is 11.8 Å². The van der Waals surface area contributed by atoms with Gasteiger partial charge in [0.15, 0.2) is 0 Å². The molecule has 0 saturated heterocycles. The van der Waals surface area contributed by atoms with E-state index in [-0.39, 0.29) is 11.8 Å². The molecule has 4 aromatic heterocycles. The normalized spacial score (nSPS) is 24.5. The van der Waals surface area contributed by atoms with Gasteiger partial charge in [-0.3, -0.25) is 9.97 Å². The van der Waals surface area contributed by atoms with Crippen molar-refractivity contribution in [2.45, 2.75) is 61.2 Å². The molecule has 10 aromatic rings. The van der Waals surface area contributed by atoms with E-state index in [1.54, 1.807) is 5.56 Å². The summed E-state index contributed by atoms with van der Waals surface area (Å²) in [4.78, 5) is 11.2. The predicted molar refractivity (Wildman–Crippen MR) is 243 cm³/mol. The second kappa shape index (κ2) is 10.3. The van der Waals surface area contributed by atoms with Crippen LogP contribution in [0.3, 0.4) is 0 Å². The highest BCUT2D eigenvalue weighted by atomic mass is 15.0. The van der Waals surface area contributed by atoms with Gasteiger partial charge >= 0.3 is 0 Å². The Kier molecular flexibility index (Phi) is 5.28. The third kappa shape index (κ3) is 3.31. The number of hydrogen-bond donors (Lipinski definition) is 0. The van der Waals surface area contributed by atoms with Gasteiger partial charge < -0.3 is 4.40 Å². The van der Waals surface area contributed by atoms with Gasteiger partial charge in [-0.25, -0.2) is 0 Å². The zero-order valence-electron chi connectivity index (χ0n) is 33.6. The van der Waals surface area contributed by atoms with E-state index in [4.69, 9.17) is 9.97 Å². The van der Waals surface area contributed by atoms with Crippen LogP contribution in [0.25, 0.3) is 60.3 Å². The molecule has 4 heterocycles. The summed E-state index contributed by atoms with van der Waals surface area (Å²) in [7, 11) is 0. The summed E-state index contributed by atoms with van der Waals surface area (Å²) in [6, 6.07) is 49.3. The number of hydrogen-bond acceptors (Lipinski definition) is 2. The Morgan fingerprint density at radius 2 is 0.967 bits per heavy atom. The first kappa shape index (κ1) is 31.3. The molecule has 3 heteroatoms. The molecule has 19 rings (SSSR count). The van der Waals surface area contributed by atoms with E-state index >= 15 is 0 Å². The first-order chi connectivity index (χ1) is 30.3. The SMILES string of the molecule is c1ccc2c(c1)-c1ccccc1C21c2ccccc2-c2cc3c4c5c(ncc4n4c6cnc7c(c6c(c21)c34)C1c2ccccc2C7c2ccccc21)C1CC2CC(C1)CC5C2. The van der Waals surface area contributed by atoms with Crippen LogP contribution in [0.2, 0.25) is 0 Å². The third-order valence-corrected chi connectivity index (χ3v) is 17.5. The fourth-order valence-electron chi connectivity index (χ4n) is 15.8. The number of nitrogens with zero attached hydrogens (tertiary/aromatic N) is 3. The van der Waals surface area contributed by atoms with Crippen molar-refractivity contribution in [3.05, 3.63) is 207 Å². The molecule has 0 aliphatic heterocycles. The highest BCUT2D eigenvalue weighted by Gasteiger charge is 2.54. The summed E-state index contributed by atoms with van der Waals surface area (Å²) in [5, 5.41) is 5.72. The van der Waals surface area contributed by atoms with E-state index < -0.39 is 5.41 Å². The van der Waals surface area contributed by atoms with E-state index in [9.17, 15) is 0 Å². The Balaban J connectivity index is 1.12. The average Bonchev–Trinajstić information content (AvgIpc) is 3.98. The fraction of sp³-hybridized carbons (Fsp3) is 0.207. The Hall–Kier alpha value is -6.58. The topological polar surface area (TPSA) is 30.2 Å². The van der Waals surface area contributed by atoms with E-state index in [1.165, 1.54) is 154 Å². The average molecular weight is 778 g/mol. The molecule has 61 heavy (non-hydrogen) atoms. The van der Waals surface area contributed by atoms with E-state index in [0.29, 0.717) is 11.8 Å². The molecule has 3 nitrogen and oxygen atoms in total. The summed E-state index contributed by atoms with van der Waals surface area (Å²) >= 11 is 0. The van der Waals surface area contributed by atoms with Crippen LogP contribution < -0.4 is 0 Å². The monoisotopic (exact) mass is 777 g/mol. The molecule has 9 aliphatic rings. The van der Waals surface area contributed by atoms with Crippen molar-refractivity contribution in [3.63, 3.8) is 0 Å². The summed E-state index contributed by atoms with van der Waals surface area (Å²) in [5.41, 5.74) is 25.9. The van der Waals surface area contributed by atoms with Crippen LogP contribution in [0.5, 0.6) is 0 Å². The van der Waals surface area contributed by atoms with Gasteiger partial charge in [-0.15, -0.1) is 0 Å². The third-order valence-electron chi connectivity index (χ3n) is 17.5. The minimum Gasteiger partial charge on any atom is -0.305 e. The van der Waals surface area contributed by atoms with Crippen molar-refractivity contribution >= 4 is 38.1 Å². The summed E-state index contributed by atoms with van der Waals surface area (Å²) in [6.45, 7) is 0. The van der Waals surface area contributed by atoms with Gasteiger partial charge in [0.2, 0.25) is 0 Å². The highest BCUT2D eigenvalue weighted by Crippen LogP contribution is 2.67. The molecular weight excluding hydrogens is 739 g/mol. The van der Waals surface area contributed by atoms with Gasteiger partial charge in [0.05, 0.1) is 46.0 Å². The molecule has 0 radical (unpaired) electrons. The second-order valence-corrected chi connectivity index (χ2v) is 19.9. The maximum absolute atomic E-state index is 5.65. The van der Waals surface area contributed by atoms with Crippen LogP contribution >= 0.6 is 0 Å². The van der Waals surface area contributed by atoms with Crippen LogP contribution in [0.15, 0.2) is 140 Å². The molecule has 6 aromatic carbocycles. The molecule has 2 atom stereocenters. The zero-order valence-corrected chi connectivity index (χ0v) is 33.6. The minimum absolute atomic E-state index is 0.0971. The maximum Gasteiger partial charge on any atom is 0.0732 e. The van der Waals surface area contributed by atoms with Gasteiger partial charge in [-0.05, 0) is 134 Å². The smallest absolute Gasteiger partial charge is 0.0732 e. The lowest BCUT2D eigenvalue weighted by molar-refractivity contribution is 0.165. The molecule has 6 bridgehead atoms. The lowest BCUT2D eigenvalue weighted by atomic mass is 9.61. The van der Waals surface area contributed by atoms with Crippen molar-refractivity contribution < 1.29 is 0 Å². The number of benzene rings is 6. The van der Waals surface area contributed by atoms with Crippen LogP contribution in [0.4, 0.5) is 0 Å². The largest absolute Gasteiger partial charge is 0.305 e. The Labute approximate surface area is 353 Å². The van der Waals surface area contributed by atoms with Crippen LogP contribution in [-0.2, 0) is 5.41 Å². The molecule has 2 fully saturated rings. The van der Waals surface area contributed by atoms with Crippen molar-refractivity contribution in [2.75, 3.05) is 0 Å². The van der Waals surface area contributed by atoms with Crippen molar-refractivity contribution in [1.29, 1.82) is 0 Å². The number of rotatable bonds is 0. The molecule has 0 amide bonds. The first-order valence-corrected chi connectivity index (χ1v) is 22.8. The second-order valence-electron chi connectivity index (χ2n) is 19.9. The molecule has 2 saturated carbocycles. The molecule has 2 unspecified atom stereocenters. The molecule has 1 spiro atoms. The summed E-state index contributed by atoms with van der Waals surface area (Å²) < 4.78 is 2.66. The Bertz CT molecular complexity index is 3590. The quantitative estimate of drug-likeness (QED) is 0.153. The lowest BCUT2D eigenvalue weighted by Gasteiger charge is -2.41. The molecule has 286 valence electrons. The Morgan fingerprint density at radius 3 is 1.59 bits per heavy atom. The van der Waals surface area contributed by atoms with Crippen LogP contribution in [-0.4, -0.2) is 14.4 Å². The zero-order chi connectivity index (χ0) is 39.0. The van der Waals surface area contributed by atoms with Gasteiger partial charge in [-0.1, -0.05) is 121 Å². The standard InChI is InChI=1S/C58H39N3/c1-3-16-38-36(14-1)48-37-15-2-4-17-39(37)49(38)56-52(48)51-46(28-60-56)61-45-27-59-55-32-24-29-21-30(25-32)23-31(22-29)47(55)50(45)41-26-40-35-13-7-10-20-44(35)58(54(40)53(51)57(41)61)42-18-8-5-11-33(42)34-12-6-9-19-43(34)58/h1-20,26-32,48-49H,21-25H2. The van der Waals surface area contributed by atoms with Crippen molar-refractivity contribution in [3.8, 4) is 22.3 Å². The Morgan fingerprint density at radius 1 is 0.459 bits per heavy atom. The van der Waals surface area contributed by atoms with E-state index in [2.05, 4.69) is 144 Å².